The third kappa shape index (κ3) is 4.01. The van der Waals surface area contributed by atoms with Crippen LogP contribution in [-0.4, -0.2) is 42.1 Å². The van der Waals surface area contributed by atoms with E-state index >= 15 is 0 Å². The van der Waals surface area contributed by atoms with Crippen molar-refractivity contribution in [2.45, 2.75) is 26.3 Å². The average molecular weight is 337 g/mol. The van der Waals surface area contributed by atoms with Gasteiger partial charge >= 0.3 is 12.0 Å². The second-order valence-electron chi connectivity index (χ2n) is 6.04. The van der Waals surface area contributed by atoms with Crippen molar-refractivity contribution in [3.8, 4) is 0 Å². The van der Waals surface area contributed by atoms with Crippen molar-refractivity contribution < 1.29 is 23.9 Å². The molecule has 3 amide bonds. The maximum Gasteiger partial charge on any atom is 0.326 e. The number of carboxylic acids is 1. The number of hydrogen-bond donors (Lipinski definition) is 3. The first kappa shape index (κ1) is 17.7. The maximum absolute atomic E-state index is 14.0. The summed E-state index contributed by atoms with van der Waals surface area (Å²) in [5.41, 5.74) is 0.0921. The van der Waals surface area contributed by atoms with Crippen molar-refractivity contribution in [3.63, 3.8) is 0 Å². The molecular weight excluding hydrogens is 317 g/mol. The summed E-state index contributed by atoms with van der Waals surface area (Å²) in [7, 11) is 0. The Balaban J connectivity index is 2.21. The molecular formula is C16H20FN3O4. The Morgan fingerprint density at radius 3 is 2.67 bits per heavy atom. The van der Waals surface area contributed by atoms with Crippen LogP contribution < -0.4 is 15.5 Å². The van der Waals surface area contributed by atoms with Crippen LogP contribution in [0.5, 0.6) is 0 Å². The van der Waals surface area contributed by atoms with Crippen LogP contribution in [0.25, 0.3) is 0 Å². The molecule has 130 valence electrons. The van der Waals surface area contributed by atoms with E-state index in [1.165, 1.54) is 17.0 Å². The molecule has 8 heteroatoms. The van der Waals surface area contributed by atoms with Crippen LogP contribution >= 0.6 is 0 Å². The quantitative estimate of drug-likeness (QED) is 0.734. The highest BCUT2D eigenvalue weighted by Gasteiger charge is 2.26. The molecule has 1 unspecified atom stereocenters. The second kappa shape index (κ2) is 7.29. The maximum atomic E-state index is 14.0. The Kier molecular flexibility index (Phi) is 5.38. The number of nitrogens with one attached hydrogen (secondary N) is 2. The number of anilines is 1. The average Bonchev–Trinajstić information content (AvgIpc) is 2.92. The minimum Gasteiger partial charge on any atom is -0.480 e. The fraction of sp³-hybridized carbons (Fsp3) is 0.438. The van der Waals surface area contributed by atoms with Crippen molar-refractivity contribution in [1.29, 1.82) is 0 Å². The topological polar surface area (TPSA) is 98.7 Å². The molecule has 1 aromatic carbocycles. The number of nitrogens with zero attached hydrogens (tertiary/aromatic N) is 1. The number of halogens is 1. The lowest BCUT2D eigenvalue weighted by Gasteiger charge is -2.18. The molecule has 1 heterocycles. The van der Waals surface area contributed by atoms with Gasteiger partial charge in [0.05, 0.1) is 5.56 Å². The molecule has 0 saturated carbocycles. The van der Waals surface area contributed by atoms with E-state index in [1.807, 2.05) is 13.8 Å². The largest absolute Gasteiger partial charge is 0.480 e. The third-order valence-electron chi connectivity index (χ3n) is 3.67. The van der Waals surface area contributed by atoms with Gasteiger partial charge in [-0.05, 0) is 30.5 Å². The van der Waals surface area contributed by atoms with Gasteiger partial charge in [-0.2, -0.15) is 0 Å². The lowest BCUT2D eigenvalue weighted by atomic mass is 10.0. The first-order valence-electron chi connectivity index (χ1n) is 7.68. The Labute approximate surface area is 138 Å². The standard InChI is InChI=1S/C16H20FN3O4/c1-9(2)7-13(15(22)23)19-14(21)11-8-10(3-4-12(11)17)20-6-5-18-16(20)24/h3-4,8-9,13H,5-7H2,1-2H3,(H,18,24)(H,19,21)(H,22,23). The van der Waals surface area contributed by atoms with E-state index < -0.39 is 23.7 Å². The fourth-order valence-corrected chi connectivity index (χ4v) is 2.50. The summed E-state index contributed by atoms with van der Waals surface area (Å²) in [6, 6.07) is 2.32. The number of urea groups is 1. The van der Waals surface area contributed by atoms with Gasteiger partial charge in [0.15, 0.2) is 0 Å². The summed E-state index contributed by atoms with van der Waals surface area (Å²) in [6.07, 6.45) is 0.233. The Morgan fingerprint density at radius 1 is 1.42 bits per heavy atom. The summed E-state index contributed by atoms with van der Waals surface area (Å²) >= 11 is 0. The number of benzene rings is 1. The van der Waals surface area contributed by atoms with Gasteiger partial charge in [0, 0.05) is 18.8 Å². The van der Waals surface area contributed by atoms with Crippen molar-refractivity contribution in [1.82, 2.24) is 10.6 Å². The second-order valence-corrected chi connectivity index (χ2v) is 6.04. The van der Waals surface area contributed by atoms with Gasteiger partial charge in [-0.25, -0.2) is 14.0 Å². The van der Waals surface area contributed by atoms with E-state index in [4.69, 9.17) is 0 Å². The molecule has 7 nitrogen and oxygen atoms in total. The molecule has 0 aromatic heterocycles. The summed E-state index contributed by atoms with van der Waals surface area (Å²) in [6.45, 7) is 4.54. The van der Waals surface area contributed by atoms with Crippen LogP contribution in [0.15, 0.2) is 18.2 Å². The SMILES string of the molecule is CC(C)CC(NC(=O)c1cc(N2CCNC2=O)ccc1F)C(=O)O. The first-order valence-corrected chi connectivity index (χ1v) is 7.68. The van der Waals surface area contributed by atoms with Crippen LogP contribution in [0.2, 0.25) is 0 Å². The van der Waals surface area contributed by atoms with Crippen molar-refractivity contribution in [2.75, 3.05) is 18.0 Å². The number of carboxylic acid groups (broad SMARTS) is 1. The first-order chi connectivity index (χ1) is 11.3. The van der Waals surface area contributed by atoms with Crippen LogP contribution in [0.3, 0.4) is 0 Å². The van der Waals surface area contributed by atoms with Gasteiger partial charge in [0.25, 0.3) is 5.91 Å². The number of amides is 3. The molecule has 0 aliphatic carbocycles. The number of carbonyl (C=O) groups excluding carboxylic acids is 2. The fourth-order valence-electron chi connectivity index (χ4n) is 2.50. The molecule has 0 bridgehead atoms. The number of hydrogen-bond acceptors (Lipinski definition) is 3. The number of aliphatic carboxylic acids is 1. The van der Waals surface area contributed by atoms with E-state index in [0.717, 1.165) is 6.07 Å². The summed E-state index contributed by atoms with van der Waals surface area (Å²) in [5.74, 6) is -2.71. The zero-order chi connectivity index (χ0) is 17.9. The van der Waals surface area contributed by atoms with E-state index in [9.17, 15) is 23.9 Å². The van der Waals surface area contributed by atoms with Crippen LogP contribution in [0.1, 0.15) is 30.6 Å². The summed E-state index contributed by atoms with van der Waals surface area (Å²) in [5, 5.41) is 14.1. The van der Waals surface area contributed by atoms with E-state index in [0.29, 0.717) is 18.8 Å². The molecule has 1 saturated heterocycles. The molecule has 0 radical (unpaired) electrons. The van der Waals surface area contributed by atoms with Gasteiger partial charge in [-0.1, -0.05) is 13.8 Å². The van der Waals surface area contributed by atoms with Crippen molar-refractivity contribution in [3.05, 3.63) is 29.6 Å². The Hall–Kier alpha value is -2.64. The van der Waals surface area contributed by atoms with E-state index in [1.54, 1.807) is 0 Å². The third-order valence-corrected chi connectivity index (χ3v) is 3.67. The van der Waals surface area contributed by atoms with Crippen LogP contribution in [0.4, 0.5) is 14.9 Å². The zero-order valence-corrected chi connectivity index (χ0v) is 13.5. The van der Waals surface area contributed by atoms with Crippen molar-refractivity contribution >= 4 is 23.6 Å². The molecule has 24 heavy (non-hydrogen) atoms. The van der Waals surface area contributed by atoms with E-state index in [-0.39, 0.29) is 23.9 Å². The number of rotatable bonds is 6. The Bertz CT molecular complexity index is 663. The minimum absolute atomic E-state index is 0.0517. The predicted molar refractivity (Wildman–Crippen MR) is 85.5 cm³/mol. The summed E-state index contributed by atoms with van der Waals surface area (Å²) < 4.78 is 14.0. The van der Waals surface area contributed by atoms with Crippen molar-refractivity contribution in [2.24, 2.45) is 5.92 Å². The minimum atomic E-state index is -1.17. The van der Waals surface area contributed by atoms with Gasteiger partial charge in [0.1, 0.15) is 11.9 Å². The molecule has 1 aliphatic rings. The highest BCUT2D eigenvalue weighted by Crippen LogP contribution is 2.21. The van der Waals surface area contributed by atoms with Crippen LogP contribution in [0, 0.1) is 11.7 Å². The van der Waals surface area contributed by atoms with Gasteiger partial charge in [-0.15, -0.1) is 0 Å². The van der Waals surface area contributed by atoms with E-state index in [2.05, 4.69) is 10.6 Å². The molecule has 1 atom stereocenters. The highest BCUT2D eigenvalue weighted by atomic mass is 19.1. The lowest BCUT2D eigenvalue weighted by Crippen LogP contribution is -2.42. The molecule has 0 spiro atoms. The molecule has 3 N–H and O–H groups in total. The van der Waals surface area contributed by atoms with Gasteiger partial charge in [-0.3, -0.25) is 9.69 Å². The lowest BCUT2D eigenvalue weighted by molar-refractivity contribution is -0.139. The molecule has 2 rings (SSSR count). The monoisotopic (exact) mass is 337 g/mol. The zero-order valence-electron chi connectivity index (χ0n) is 13.5. The van der Waals surface area contributed by atoms with Crippen LogP contribution in [-0.2, 0) is 4.79 Å². The highest BCUT2D eigenvalue weighted by molar-refractivity contribution is 5.99. The van der Waals surface area contributed by atoms with Gasteiger partial charge in [0.2, 0.25) is 0 Å². The summed E-state index contributed by atoms with van der Waals surface area (Å²) in [4.78, 5) is 36.6. The van der Waals surface area contributed by atoms with Gasteiger partial charge < -0.3 is 15.7 Å². The Morgan fingerprint density at radius 2 is 2.12 bits per heavy atom. The number of carbonyl (C=O) groups is 3. The normalized spacial score (nSPS) is 15.3. The predicted octanol–water partition coefficient (Wildman–Crippen LogP) is 1.58. The molecule has 1 fully saturated rings. The smallest absolute Gasteiger partial charge is 0.326 e. The molecule has 1 aromatic rings. The molecule has 1 aliphatic heterocycles.